The van der Waals surface area contributed by atoms with Gasteiger partial charge in [0, 0.05) is 43.6 Å². The van der Waals surface area contributed by atoms with Crippen molar-refractivity contribution in [1.82, 2.24) is 25.8 Å². The number of aliphatic carboxylic acids is 1. The van der Waals surface area contributed by atoms with Crippen molar-refractivity contribution in [1.29, 1.82) is 0 Å². The number of likely N-dealkylation sites (tertiary alicyclic amines) is 1. The molecule has 5 atom stereocenters. The Morgan fingerprint density at radius 1 is 1.25 bits per heavy atom. The lowest BCUT2D eigenvalue weighted by Crippen LogP contribution is -2.55. The zero-order chi connectivity index (χ0) is 31.8. The first kappa shape index (κ1) is 30.8. The average molecular weight is 640 g/mol. The van der Waals surface area contributed by atoms with Gasteiger partial charge in [-0.3, -0.25) is 19.4 Å². The van der Waals surface area contributed by atoms with Gasteiger partial charge in [-0.15, -0.1) is 5.53 Å². The third-order valence-corrected chi connectivity index (χ3v) is 10.6. The van der Waals surface area contributed by atoms with Crippen LogP contribution >= 0.6 is 11.6 Å². The van der Waals surface area contributed by atoms with Crippen LogP contribution in [0.3, 0.4) is 0 Å². The number of nitrogens with one attached hydrogen (secondary N) is 2. The second kappa shape index (κ2) is 10.7. The lowest BCUT2D eigenvalue weighted by Gasteiger charge is -2.46. The van der Waals surface area contributed by atoms with Crippen molar-refractivity contribution >= 4 is 29.4 Å². The zero-order valence-corrected chi connectivity index (χ0v) is 25.6. The SMILES string of the molecule is C[C@@H]1CC(=O)N(C2CC23c2c(OCC4=C(C(F)(F)F)N(C)NN4)ccc(Cl)c2CCN3C(=O)[C@H]2CCCC[C@]2(C)C(=O)O)C1. The van der Waals surface area contributed by atoms with E-state index in [4.69, 9.17) is 16.3 Å². The maximum absolute atomic E-state index is 14.5. The Labute approximate surface area is 258 Å². The molecule has 3 aliphatic heterocycles. The van der Waals surface area contributed by atoms with Crippen LogP contribution < -0.4 is 15.7 Å². The van der Waals surface area contributed by atoms with Crippen molar-refractivity contribution in [2.24, 2.45) is 17.3 Å². The molecule has 3 heterocycles. The fraction of sp³-hybridized carbons (Fsp3) is 0.633. The number of fused-ring (bicyclic) bond motifs is 2. The van der Waals surface area contributed by atoms with Crippen LogP contribution in [0.1, 0.15) is 63.5 Å². The summed E-state index contributed by atoms with van der Waals surface area (Å²) in [5.74, 6) is -1.67. The van der Waals surface area contributed by atoms with Crippen LogP contribution in [0, 0.1) is 17.3 Å². The van der Waals surface area contributed by atoms with Crippen molar-refractivity contribution in [2.45, 2.75) is 76.6 Å². The molecule has 1 aromatic carbocycles. The molecule has 2 amide bonds. The van der Waals surface area contributed by atoms with Crippen LogP contribution in [0.5, 0.6) is 5.75 Å². The number of carbonyl (C=O) groups excluding carboxylic acids is 2. The van der Waals surface area contributed by atoms with Crippen LogP contribution in [0.25, 0.3) is 0 Å². The molecule has 2 saturated carbocycles. The molecule has 2 unspecified atom stereocenters. The lowest BCUT2D eigenvalue weighted by molar-refractivity contribution is -0.163. The predicted molar refractivity (Wildman–Crippen MR) is 153 cm³/mol. The molecule has 2 aliphatic carbocycles. The Bertz CT molecular complexity index is 1440. The van der Waals surface area contributed by atoms with E-state index in [1.54, 1.807) is 28.9 Å². The standard InChI is InChI=1S/C30H37ClF3N5O5/c1-16-12-23(40)38(14-16)22-13-29(22)24-17(9-11-39(29)26(41)18-6-4-5-10-28(18,2)27(42)43)19(31)7-8-21(24)44-15-20-25(30(32,33)34)37(3)36-35-20/h7-8,16,18,22,35-36H,4-6,9-15H2,1-3H3,(H,42,43)/t16-,18-,22?,28+,29?/m1/s1. The second-order valence-electron chi connectivity index (χ2n) is 13.1. The monoisotopic (exact) mass is 639 g/mol. The Morgan fingerprint density at radius 2 is 2.00 bits per heavy atom. The molecule has 44 heavy (non-hydrogen) atoms. The summed E-state index contributed by atoms with van der Waals surface area (Å²) >= 11 is 6.72. The third-order valence-electron chi connectivity index (χ3n) is 10.2. The third kappa shape index (κ3) is 4.77. The minimum Gasteiger partial charge on any atom is -0.487 e. The van der Waals surface area contributed by atoms with Crippen molar-refractivity contribution in [3.8, 4) is 5.75 Å². The summed E-state index contributed by atoms with van der Waals surface area (Å²) in [5.41, 5.74) is 2.86. The number of hydrazine groups is 2. The number of halogens is 4. The van der Waals surface area contributed by atoms with Crippen LogP contribution in [0.4, 0.5) is 13.2 Å². The van der Waals surface area contributed by atoms with E-state index in [0.717, 1.165) is 17.0 Å². The Morgan fingerprint density at radius 3 is 2.66 bits per heavy atom. The molecule has 0 aromatic heterocycles. The second-order valence-corrected chi connectivity index (χ2v) is 13.5. The summed E-state index contributed by atoms with van der Waals surface area (Å²) < 4.78 is 47.5. The first-order valence-electron chi connectivity index (χ1n) is 15.0. The molecule has 1 saturated heterocycles. The highest BCUT2D eigenvalue weighted by molar-refractivity contribution is 6.31. The van der Waals surface area contributed by atoms with Crippen LogP contribution in [-0.2, 0) is 26.3 Å². The minimum atomic E-state index is -4.64. The summed E-state index contributed by atoms with van der Waals surface area (Å²) in [4.78, 5) is 43.7. The number of allylic oxidation sites excluding steroid dienone is 1. The number of benzene rings is 1. The maximum atomic E-state index is 14.5. The minimum absolute atomic E-state index is 0.0272. The zero-order valence-electron chi connectivity index (χ0n) is 24.9. The molecule has 0 bridgehead atoms. The van der Waals surface area contributed by atoms with E-state index in [9.17, 15) is 32.7 Å². The molecule has 5 aliphatic rings. The highest BCUT2D eigenvalue weighted by atomic mass is 35.5. The summed E-state index contributed by atoms with van der Waals surface area (Å²) in [7, 11) is 1.24. The number of carboxylic acid groups (broad SMARTS) is 1. The highest BCUT2D eigenvalue weighted by Gasteiger charge is 2.68. The normalized spacial score (nSPS) is 31.8. The molecule has 10 nitrogen and oxygen atoms in total. The number of ether oxygens (including phenoxy) is 1. The van der Waals surface area contributed by atoms with Crippen molar-refractivity contribution < 1.29 is 37.4 Å². The highest BCUT2D eigenvalue weighted by Crippen LogP contribution is 2.62. The predicted octanol–water partition coefficient (Wildman–Crippen LogP) is 3.95. The van der Waals surface area contributed by atoms with E-state index in [2.05, 4.69) is 11.0 Å². The fourth-order valence-corrected chi connectivity index (χ4v) is 8.20. The molecule has 1 spiro atoms. The quantitative estimate of drug-likeness (QED) is 0.429. The summed E-state index contributed by atoms with van der Waals surface area (Å²) in [5, 5.41) is 11.5. The first-order valence-corrected chi connectivity index (χ1v) is 15.4. The molecule has 1 aromatic rings. The molecule has 14 heteroatoms. The average Bonchev–Trinajstić information content (AvgIpc) is 3.36. The lowest BCUT2D eigenvalue weighted by atomic mass is 9.66. The Kier molecular flexibility index (Phi) is 7.50. The van der Waals surface area contributed by atoms with E-state index in [-0.39, 0.29) is 35.7 Å². The van der Waals surface area contributed by atoms with Crippen molar-refractivity contribution in [3.05, 3.63) is 39.7 Å². The largest absolute Gasteiger partial charge is 0.487 e. The van der Waals surface area contributed by atoms with Gasteiger partial charge in [0.1, 0.15) is 12.4 Å². The smallest absolute Gasteiger partial charge is 0.434 e. The van der Waals surface area contributed by atoms with Crippen molar-refractivity contribution in [2.75, 3.05) is 26.7 Å². The Hall–Kier alpha value is -3.19. The number of rotatable bonds is 6. The van der Waals surface area contributed by atoms with Gasteiger partial charge in [0.05, 0.1) is 28.6 Å². The van der Waals surface area contributed by atoms with E-state index in [1.165, 1.54) is 7.05 Å². The van der Waals surface area contributed by atoms with Crippen LogP contribution in [0.15, 0.2) is 23.5 Å². The van der Waals surface area contributed by atoms with Gasteiger partial charge < -0.3 is 25.1 Å². The number of alkyl halides is 3. The number of carbonyl (C=O) groups is 3. The number of carboxylic acids is 1. The topological polar surface area (TPSA) is 114 Å². The molecule has 240 valence electrons. The van der Waals surface area contributed by atoms with Gasteiger partial charge in [0.25, 0.3) is 0 Å². The van der Waals surface area contributed by atoms with E-state index < -0.39 is 47.4 Å². The summed E-state index contributed by atoms with van der Waals surface area (Å²) in [6.07, 6.45) is -1.24. The maximum Gasteiger partial charge on any atom is 0.434 e. The van der Waals surface area contributed by atoms with Gasteiger partial charge in [-0.2, -0.15) is 13.2 Å². The van der Waals surface area contributed by atoms with Gasteiger partial charge in [-0.25, -0.2) is 0 Å². The van der Waals surface area contributed by atoms with Gasteiger partial charge in [0.15, 0.2) is 5.70 Å². The fourth-order valence-electron chi connectivity index (χ4n) is 7.94. The molecular formula is C30H37ClF3N5O5. The van der Waals surface area contributed by atoms with E-state index >= 15 is 0 Å². The number of hydrogen-bond donors (Lipinski definition) is 3. The molecular weight excluding hydrogens is 603 g/mol. The van der Waals surface area contributed by atoms with Gasteiger partial charge in [-0.05, 0) is 49.8 Å². The number of amides is 2. The summed E-state index contributed by atoms with van der Waals surface area (Å²) in [6.45, 7) is 3.96. The first-order chi connectivity index (χ1) is 20.7. The molecule has 6 rings (SSSR count). The van der Waals surface area contributed by atoms with E-state index in [1.807, 2.05) is 6.92 Å². The number of hydrogen-bond acceptors (Lipinski definition) is 7. The number of nitrogens with zero attached hydrogens (tertiary/aromatic N) is 3. The van der Waals surface area contributed by atoms with Gasteiger partial charge >= 0.3 is 12.1 Å². The molecule has 0 radical (unpaired) electrons. The summed E-state index contributed by atoms with van der Waals surface area (Å²) in [6, 6.07) is 2.84. The van der Waals surface area contributed by atoms with Crippen LogP contribution in [-0.4, -0.2) is 76.7 Å². The Balaban J connectivity index is 1.43. The molecule has 3 N–H and O–H groups in total. The van der Waals surface area contributed by atoms with E-state index in [0.29, 0.717) is 55.7 Å². The van der Waals surface area contributed by atoms with Crippen LogP contribution in [0.2, 0.25) is 5.02 Å². The van der Waals surface area contributed by atoms with Gasteiger partial charge in [-0.1, -0.05) is 31.4 Å². The van der Waals surface area contributed by atoms with Gasteiger partial charge in [0.2, 0.25) is 11.8 Å². The van der Waals surface area contributed by atoms with Crippen molar-refractivity contribution in [3.63, 3.8) is 0 Å². The molecule has 3 fully saturated rings.